The van der Waals surface area contributed by atoms with Crippen LogP contribution >= 0.6 is 11.3 Å². The molecule has 3 rings (SSSR count). The number of aromatic nitrogens is 2. The summed E-state index contributed by atoms with van der Waals surface area (Å²) in [5, 5.41) is 3.43. The quantitative estimate of drug-likeness (QED) is 0.851. The minimum atomic E-state index is 0.597. The summed E-state index contributed by atoms with van der Waals surface area (Å²) >= 11 is 1.72. The molecule has 0 aliphatic carbocycles. The molecule has 1 fully saturated rings. The monoisotopic (exact) mass is 290 g/mol. The molecule has 108 valence electrons. The third-order valence-corrected chi connectivity index (χ3v) is 5.24. The maximum atomic E-state index is 4.75. The average molecular weight is 290 g/mol. The van der Waals surface area contributed by atoms with Crippen LogP contribution in [0.5, 0.6) is 0 Å². The third kappa shape index (κ3) is 2.19. The fourth-order valence-corrected chi connectivity index (χ4v) is 4.15. The standard InChI is InChI=1S/C15H22N4S/c1-9-6-19(7-12(9)18(4)5)14-13-10(2)8-20-15(13)17-11(3)16-14/h8-9,12H,6-7H2,1-5H3. The SMILES string of the molecule is Cc1nc(N2CC(C)C(N(C)C)C2)c2c(C)csc2n1. The lowest BCUT2D eigenvalue weighted by Gasteiger charge is -2.23. The summed E-state index contributed by atoms with van der Waals surface area (Å²) < 4.78 is 0. The highest BCUT2D eigenvalue weighted by atomic mass is 32.1. The second-order valence-corrected chi connectivity index (χ2v) is 6.96. The fourth-order valence-electron chi connectivity index (χ4n) is 3.19. The number of thiophene rings is 1. The van der Waals surface area contributed by atoms with Gasteiger partial charge in [-0.25, -0.2) is 9.97 Å². The Balaban J connectivity index is 2.05. The Labute approximate surface area is 124 Å². The van der Waals surface area contributed by atoms with Crippen LogP contribution in [0.15, 0.2) is 5.38 Å². The molecular formula is C15H22N4S. The topological polar surface area (TPSA) is 32.3 Å². The molecule has 2 aromatic heterocycles. The van der Waals surface area contributed by atoms with Crippen molar-refractivity contribution in [3.05, 3.63) is 16.8 Å². The summed E-state index contributed by atoms with van der Waals surface area (Å²) in [6, 6.07) is 0.597. The lowest BCUT2D eigenvalue weighted by atomic mass is 10.1. The summed E-state index contributed by atoms with van der Waals surface area (Å²) in [5.41, 5.74) is 1.29. The molecule has 3 heterocycles. The van der Waals surface area contributed by atoms with E-state index in [1.807, 2.05) is 6.92 Å². The van der Waals surface area contributed by atoms with Crippen molar-refractivity contribution in [1.82, 2.24) is 14.9 Å². The summed E-state index contributed by atoms with van der Waals surface area (Å²) in [6.45, 7) is 8.60. The molecule has 4 nitrogen and oxygen atoms in total. The molecule has 2 unspecified atom stereocenters. The fraction of sp³-hybridized carbons (Fsp3) is 0.600. The van der Waals surface area contributed by atoms with Gasteiger partial charge < -0.3 is 9.80 Å². The normalized spacial score (nSPS) is 23.2. The average Bonchev–Trinajstić information content (AvgIpc) is 2.93. The van der Waals surface area contributed by atoms with E-state index in [0.29, 0.717) is 12.0 Å². The molecule has 1 aliphatic heterocycles. The molecule has 0 N–H and O–H groups in total. The molecule has 0 bridgehead atoms. The van der Waals surface area contributed by atoms with Gasteiger partial charge in [0.25, 0.3) is 0 Å². The molecule has 2 aromatic rings. The van der Waals surface area contributed by atoms with Crippen LogP contribution in [0.3, 0.4) is 0 Å². The van der Waals surface area contributed by atoms with Crippen LogP contribution in [0.4, 0.5) is 5.82 Å². The highest BCUT2D eigenvalue weighted by Gasteiger charge is 2.33. The lowest BCUT2D eigenvalue weighted by molar-refractivity contribution is 0.266. The molecule has 0 aromatic carbocycles. The van der Waals surface area contributed by atoms with Gasteiger partial charge >= 0.3 is 0 Å². The summed E-state index contributed by atoms with van der Waals surface area (Å²) in [4.78, 5) is 15.2. The van der Waals surface area contributed by atoms with Gasteiger partial charge in [-0.05, 0) is 44.8 Å². The number of hydrogen-bond donors (Lipinski definition) is 0. The van der Waals surface area contributed by atoms with E-state index in [1.165, 1.54) is 10.9 Å². The molecule has 0 radical (unpaired) electrons. The van der Waals surface area contributed by atoms with E-state index in [4.69, 9.17) is 4.98 Å². The second-order valence-electron chi connectivity index (χ2n) is 6.11. The first kappa shape index (κ1) is 13.8. The Bertz CT molecular complexity index is 634. The van der Waals surface area contributed by atoms with Crippen molar-refractivity contribution >= 4 is 27.4 Å². The van der Waals surface area contributed by atoms with E-state index < -0.39 is 0 Å². The number of aryl methyl sites for hydroxylation is 2. The summed E-state index contributed by atoms with van der Waals surface area (Å²) in [5.74, 6) is 2.66. The second kappa shape index (κ2) is 4.97. The smallest absolute Gasteiger partial charge is 0.141 e. The van der Waals surface area contributed by atoms with Crippen LogP contribution in [-0.2, 0) is 0 Å². The van der Waals surface area contributed by atoms with Gasteiger partial charge in [0.1, 0.15) is 16.5 Å². The van der Waals surface area contributed by atoms with Crippen LogP contribution in [0, 0.1) is 19.8 Å². The van der Waals surface area contributed by atoms with Crippen molar-refractivity contribution in [3.63, 3.8) is 0 Å². The minimum Gasteiger partial charge on any atom is -0.354 e. The largest absolute Gasteiger partial charge is 0.354 e. The Morgan fingerprint density at radius 2 is 2.00 bits per heavy atom. The Morgan fingerprint density at radius 3 is 2.65 bits per heavy atom. The van der Waals surface area contributed by atoms with Crippen molar-refractivity contribution in [1.29, 1.82) is 0 Å². The van der Waals surface area contributed by atoms with Crippen LogP contribution in [0.25, 0.3) is 10.2 Å². The maximum Gasteiger partial charge on any atom is 0.141 e. The van der Waals surface area contributed by atoms with Crippen molar-refractivity contribution in [2.75, 3.05) is 32.1 Å². The van der Waals surface area contributed by atoms with Crippen molar-refractivity contribution in [2.24, 2.45) is 5.92 Å². The van der Waals surface area contributed by atoms with Crippen LogP contribution in [0.2, 0.25) is 0 Å². The number of anilines is 1. The van der Waals surface area contributed by atoms with Gasteiger partial charge in [0, 0.05) is 19.1 Å². The minimum absolute atomic E-state index is 0.597. The molecule has 0 amide bonds. The number of fused-ring (bicyclic) bond motifs is 1. The number of hydrogen-bond acceptors (Lipinski definition) is 5. The number of nitrogens with zero attached hydrogens (tertiary/aromatic N) is 4. The zero-order valence-corrected chi connectivity index (χ0v) is 13.7. The highest BCUT2D eigenvalue weighted by Crippen LogP contribution is 2.34. The van der Waals surface area contributed by atoms with Crippen LogP contribution in [-0.4, -0.2) is 48.1 Å². The molecule has 2 atom stereocenters. The van der Waals surface area contributed by atoms with Gasteiger partial charge in [0.05, 0.1) is 5.39 Å². The molecule has 5 heteroatoms. The Morgan fingerprint density at radius 1 is 1.25 bits per heavy atom. The number of likely N-dealkylation sites (N-methyl/N-ethyl adjacent to an activating group) is 1. The van der Waals surface area contributed by atoms with Gasteiger partial charge in [-0.2, -0.15) is 0 Å². The Kier molecular flexibility index (Phi) is 3.42. The highest BCUT2D eigenvalue weighted by molar-refractivity contribution is 7.17. The van der Waals surface area contributed by atoms with E-state index in [2.05, 4.69) is 48.1 Å². The zero-order chi connectivity index (χ0) is 14.4. The third-order valence-electron chi connectivity index (χ3n) is 4.25. The van der Waals surface area contributed by atoms with E-state index in [1.54, 1.807) is 11.3 Å². The molecular weight excluding hydrogens is 268 g/mol. The van der Waals surface area contributed by atoms with Crippen LogP contribution < -0.4 is 4.90 Å². The van der Waals surface area contributed by atoms with E-state index in [9.17, 15) is 0 Å². The predicted octanol–water partition coefficient (Wildman–Crippen LogP) is 2.69. The molecule has 0 saturated carbocycles. The summed E-state index contributed by atoms with van der Waals surface area (Å²) in [6.07, 6.45) is 0. The van der Waals surface area contributed by atoms with Crippen molar-refractivity contribution in [3.8, 4) is 0 Å². The van der Waals surface area contributed by atoms with Crippen molar-refractivity contribution in [2.45, 2.75) is 26.8 Å². The first-order valence-corrected chi connectivity index (χ1v) is 7.99. The first-order chi connectivity index (χ1) is 9.47. The first-order valence-electron chi connectivity index (χ1n) is 7.11. The maximum absolute atomic E-state index is 4.75. The van der Waals surface area contributed by atoms with Gasteiger partial charge in [0.2, 0.25) is 0 Å². The predicted molar refractivity (Wildman–Crippen MR) is 85.7 cm³/mol. The Hall–Kier alpha value is -1.20. The van der Waals surface area contributed by atoms with E-state index in [0.717, 1.165) is 29.6 Å². The van der Waals surface area contributed by atoms with Crippen molar-refractivity contribution < 1.29 is 0 Å². The van der Waals surface area contributed by atoms with Crippen LogP contribution in [0.1, 0.15) is 18.3 Å². The molecule has 1 saturated heterocycles. The van der Waals surface area contributed by atoms with E-state index >= 15 is 0 Å². The number of rotatable bonds is 2. The molecule has 0 spiro atoms. The molecule has 1 aliphatic rings. The molecule has 20 heavy (non-hydrogen) atoms. The van der Waals surface area contributed by atoms with E-state index in [-0.39, 0.29) is 0 Å². The lowest BCUT2D eigenvalue weighted by Crippen LogP contribution is -2.34. The van der Waals surface area contributed by atoms with Gasteiger partial charge in [-0.3, -0.25) is 0 Å². The van der Waals surface area contributed by atoms with Gasteiger partial charge in [-0.15, -0.1) is 11.3 Å². The zero-order valence-electron chi connectivity index (χ0n) is 12.8. The van der Waals surface area contributed by atoms with Gasteiger partial charge in [-0.1, -0.05) is 6.92 Å². The van der Waals surface area contributed by atoms with Gasteiger partial charge in [0.15, 0.2) is 0 Å². The summed E-state index contributed by atoms with van der Waals surface area (Å²) in [7, 11) is 4.34.